The standard InChI is InChI=1S/C19H21N3O4/c23-19(16-8-4-5-9-17(16)22(24)25)20-10-11-21-12-13-26-18(14-21)15-6-2-1-3-7-15/h1-9,18H,10-14H2,(H,20,23). The van der Waals surface area contributed by atoms with Gasteiger partial charge in [0.2, 0.25) is 0 Å². The molecule has 1 amide bonds. The van der Waals surface area contributed by atoms with Gasteiger partial charge in [-0.15, -0.1) is 0 Å². The second kappa shape index (κ2) is 8.55. The molecule has 7 nitrogen and oxygen atoms in total. The van der Waals surface area contributed by atoms with Crippen LogP contribution in [0.4, 0.5) is 5.69 Å². The van der Waals surface area contributed by atoms with Gasteiger partial charge in [0.05, 0.1) is 17.6 Å². The molecule has 1 N–H and O–H groups in total. The lowest BCUT2D eigenvalue weighted by Crippen LogP contribution is -2.42. The van der Waals surface area contributed by atoms with E-state index in [0.717, 1.165) is 18.7 Å². The first-order valence-corrected chi connectivity index (χ1v) is 8.55. The van der Waals surface area contributed by atoms with E-state index in [-0.39, 0.29) is 17.4 Å². The largest absolute Gasteiger partial charge is 0.371 e. The van der Waals surface area contributed by atoms with E-state index in [1.807, 2.05) is 30.3 Å². The van der Waals surface area contributed by atoms with E-state index >= 15 is 0 Å². The molecule has 7 heteroatoms. The van der Waals surface area contributed by atoms with E-state index in [9.17, 15) is 14.9 Å². The number of nitro benzene ring substituents is 1. The minimum atomic E-state index is -0.540. The number of para-hydroxylation sites is 1. The number of rotatable bonds is 6. The van der Waals surface area contributed by atoms with Crippen LogP contribution in [0.5, 0.6) is 0 Å². The number of nitrogens with one attached hydrogen (secondary N) is 1. The summed E-state index contributed by atoms with van der Waals surface area (Å²) in [4.78, 5) is 24.9. The Hall–Kier alpha value is -2.77. The van der Waals surface area contributed by atoms with E-state index in [1.165, 1.54) is 12.1 Å². The quantitative estimate of drug-likeness (QED) is 0.635. The van der Waals surface area contributed by atoms with Crippen LogP contribution in [-0.4, -0.2) is 48.5 Å². The van der Waals surface area contributed by atoms with Gasteiger partial charge in [-0.3, -0.25) is 19.8 Å². The lowest BCUT2D eigenvalue weighted by Gasteiger charge is -2.33. The van der Waals surface area contributed by atoms with Crippen LogP contribution in [0.3, 0.4) is 0 Å². The average molecular weight is 355 g/mol. The van der Waals surface area contributed by atoms with E-state index in [1.54, 1.807) is 12.1 Å². The number of nitro groups is 1. The fourth-order valence-corrected chi connectivity index (χ4v) is 3.02. The Bertz CT molecular complexity index is 766. The molecular formula is C19H21N3O4. The van der Waals surface area contributed by atoms with Gasteiger partial charge in [-0.1, -0.05) is 42.5 Å². The molecule has 0 aliphatic carbocycles. The molecule has 1 atom stereocenters. The molecular weight excluding hydrogens is 334 g/mol. The first-order chi connectivity index (χ1) is 12.6. The number of nitrogens with zero attached hydrogens (tertiary/aromatic N) is 2. The number of ether oxygens (including phenoxy) is 1. The predicted molar refractivity (Wildman–Crippen MR) is 97.0 cm³/mol. The summed E-state index contributed by atoms with van der Waals surface area (Å²) >= 11 is 0. The second-order valence-electron chi connectivity index (χ2n) is 6.10. The molecule has 1 aliphatic heterocycles. The van der Waals surface area contributed by atoms with Crippen molar-refractivity contribution in [3.63, 3.8) is 0 Å². The van der Waals surface area contributed by atoms with Gasteiger partial charge in [-0.05, 0) is 11.6 Å². The zero-order valence-corrected chi connectivity index (χ0v) is 14.3. The first-order valence-electron chi connectivity index (χ1n) is 8.55. The molecule has 1 aliphatic rings. The molecule has 0 radical (unpaired) electrons. The Morgan fingerprint density at radius 2 is 1.92 bits per heavy atom. The third kappa shape index (κ3) is 4.44. The van der Waals surface area contributed by atoms with Crippen molar-refractivity contribution in [3.8, 4) is 0 Å². The molecule has 3 rings (SSSR count). The van der Waals surface area contributed by atoms with Crippen LogP contribution in [0.25, 0.3) is 0 Å². The third-order valence-corrected chi connectivity index (χ3v) is 4.38. The molecule has 26 heavy (non-hydrogen) atoms. The van der Waals surface area contributed by atoms with Crippen LogP contribution in [0.15, 0.2) is 54.6 Å². The number of hydrogen-bond acceptors (Lipinski definition) is 5. The topological polar surface area (TPSA) is 84.7 Å². The van der Waals surface area contributed by atoms with Gasteiger partial charge >= 0.3 is 0 Å². The highest BCUT2D eigenvalue weighted by Gasteiger charge is 2.22. The minimum Gasteiger partial charge on any atom is -0.371 e. The summed E-state index contributed by atoms with van der Waals surface area (Å²) in [5, 5.41) is 13.8. The summed E-state index contributed by atoms with van der Waals surface area (Å²) in [5.74, 6) is -0.426. The van der Waals surface area contributed by atoms with Crippen molar-refractivity contribution in [2.24, 2.45) is 0 Å². The van der Waals surface area contributed by atoms with Gasteiger partial charge < -0.3 is 10.1 Å². The third-order valence-electron chi connectivity index (χ3n) is 4.38. The van der Waals surface area contributed by atoms with Crippen molar-refractivity contribution in [3.05, 3.63) is 75.8 Å². The molecule has 1 heterocycles. The van der Waals surface area contributed by atoms with Gasteiger partial charge in [0.15, 0.2) is 0 Å². The predicted octanol–water partition coefficient (Wildman–Crippen LogP) is 2.40. The number of amides is 1. The molecule has 136 valence electrons. The Kier molecular flexibility index (Phi) is 5.93. The maximum atomic E-state index is 12.2. The van der Waals surface area contributed by atoms with Crippen molar-refractivity contribution < 1.29 is 14.5 Å². The number of carbonyl (C=O) groups is 1. The van der Waals surface area contributed by atoms with Crippen molar-refractivity contribution in [1.82, 2.24) is 10.2 Å². The van der Waals surface area contributed by atoms with Crippen LogP contribution in [0.1, 0.15) is 22.0 Å². The summed E-state index contributed by atoms with van der Waals surface area (Å²) in [6, 6.07) is 16.0. The van der Waals surface area contributed by atoms with Crippen LogP contribution in [-0.2, 0) is 4.74 Å². The number of benzene rings is 2. The molecule has 0 saturated carbocycles. The lowest BCUT2D eigenvalue weighted by molar-refractivity contribution is -0.385. The summed E-state index contributed by atoms with van der Waals surface area (Å²) in [5.41, 5.74) is 1.04. The smallest absolute Gasteiger partial charge is 0.282 e. The normalized spacial score (nSPS) is 17.6. The van der Waals surface area contributed by atoms with Crippen molar-refractivity contribution >= 4 is 11.6 Å². The molecule has 2 aromatic rings. The summed E-state index contributed by atoms with van der Waals surface area (Å²) in [7, 11) is 0. The van der Waals surface area contributed by atoms with Crippen molar-refractivity contribution in [2.75, 3.05) is 32.8 Å². The van der Waals surface area contributed by atoms with Gasteiger partial charge in [0, 0.05) is 32.2 Å². The van der Waals surface area contributed by atoms with E-state index in [4.69, 9.17) is 4.74 Å². The monoisotopic (exact) mass is 355 g/mol. The SMILES string of the molecule is O=C(NCCN1CCOC(c2ccccc2)C1)c1ccccc1[N+](=O)[O-]. The van der Waals surface area contributed by atoms with Gasteiger partial charge in [-0.25, -0.2) is 0 Å². The molecule has 0 aromatic heterocycles. The summed E-state index contributed by atoms with van der Waals surface area (Å²) in [6.07, 6.45) is 0.0239. The number of carbonyl (C=O) groups excluding carboxylic acids is 1. The Morgan fingerprint density at radius 3 is 2.69 bits per heavy atom. The van der Waals surface area contributed by atoms with Crippen LogP contribution >= 0.6 is 0 Å². The lowest BCUT2D eigenvalue weighted by atomic mass is 10.1. The van der Waals surface area contributed by atoms with E-state index in [0.29, 0.717) is 19.7 Å². The highest BCUT2D eigenvalue weighted by molar-refractivity contribution is 5.98. The van der Waals surface area contributed by atoms with Crippen molar-refractivity contribution in [2.45, 2.75) is 6.10 Å². The van der Waals surface area contributed by atoms with Crippen molar-refractivity contribution in [1.29, 1.82) is 0 Å². The zero-order valence-electron chi connectivity index (χ0n) is 14.3. The summed E-state index contributed by atoms with van der Waals surface area (Å²) < 4.78 is 5.83. The number of hydrogen-bond donors (Lipinski definition) is 1. The molecule has 0 spiro atoms. The Labute approximate surface area is 151 Å². The molecule has 2 aromatic carbocycles. The van der Waals surface area contributed by atoms with Gasteiger partial charge in [0.1, 0.15) is 5.56 Å². The molecule has 0 bridgehead atoms. The Balaban J connectivity index is 1.52. The zero-order chi connectivity index (χ0) is 18.4. The van der Waals surface area contributed by atoms with Gasteiger partial charge in [-0.2, -0.15) is 0 Å². The molecule has 1 saturated heterocycles. The maximum absolute atomic E-state index is 12.2. The van der Waals surface area contributed by atoms with Crippen LogP contribution < -0.4 is 5.32 Å². The Morgan fingerprint density at radius 1 is 1.19 bits per heavy atom. The molecule has 1 unspecified atom stereocenters. The molecule has 1 fully saturated rings. The second-order valence-corrected chi connectivity index (χ2v) is 6.10. The summed E-state index contributed by atoms with van der Waals surface area (Å²) in [6.45, 7) is 3.28. The first kappa shape index (κ1) is 18.0. The van der Waals surface area contributed by atoms with E-state index in [2.05, 4.69) is 10.2 Å². The number of morpholine rings is 1. The maximum Gasteiger partial charge on any atom is 0.282 e. The highest BCUT2D eigenvalue weighted by Crippen LogP contribution is 2.21. The van der Waals surface area contributed by atoms with E-state index < -0.39 is 10.8 Å². The fourth-order valence-electron chi connectivity index (χ4n) is 3.02. The fraction of sp³-hybridized carbons (Fsp3) is 0.316. The van der Waals surface area contributed by atoms with Crippen LogP contribution in [0.2, 0.25) is 0 Å². The van der Waals surface area contributed by atoms with Gasteiger partial charge in [0.25, 0.3) is 11.6 Å². The highest BCUT2D eigenvalue weighted by atomic mass is 16.6. The van der Waals surface area contributed by atoms with Crippen LogP contribution in [0, 0.1) is 10.1 Å². The minimum absolute atomic E-state index is 0.0239. The average Bonchev–Trinajstić information content (AvgIpc) is 2.69.